The van der Waals surface area contributed by atoms with E-state index in [-0.39, 0.29) is 16.9 Å². The molecule has 21 heavy (non-hydrogen) atoms. The fourth-order valence-corrected chi connectivity index (χ4v) is 2.91. The molecule has 120 valence electrons. The van der Waals surface area contributed by atoms with Gasteiger partial charge in [-0.3, -0.25) is 0 Å². The second-order valence-corrected chi connectivity index (χ2v) is 8.21. The van der Waals surface area contributed by atoms with Crippen molar-refractivity contribution < 1.29 is 13.5 Å². The van der Waals surface area contributed by atoms with Gasteiger partial charge in [0.1, 0.15) is 0 Å². The second-order valence-electron chi connectivity index (χ2n) is 6.44. The maximum atomic E-state index is 12.3. The number of hydrogen-bond donors (Lipinski definition) is 2. The summed E-state index contributed by atoms with van der Waals surface area (Å²) >= 11 is 0. The number of aliphatic hydroxyl groups is 1. The first-order valence-electron chi connectivity index (χ1n) is 7.38. The number of rotatable bonds is 8. The fraction of sp³-hybridized carbons (Fsp3) is 0.625. The summed E-state index contributed by atoms with van der Waals surface area (Å²) in [6.07, 6.45) is 1.44. The Labute approximate surface area is 128 Å². The Morgan fingerprint density at radius 1 is 1.19 bits per heavy atom. The first kappa shape index (κ1) is 18.1. The Kier molecular flexibility index (Phi) is 6.38. The standard InChI is InChI=1S/C16H27NO3S/c1-13(2)16(3,4)12-17-21(19,20)15-9-7-14(8-10-15)6-5-11-18/h7-10,13,17-18H,5-6,11-12H2,1-4H3. The molecule has 0 saturated carbocycles. The molecule has 4 nitrogen and oxygen atoms in total. The van der Waals surface area contributed by atoms with Crippen LogP contribution in [0.4, 0.5) is 0 Å². The van der Waals surface area contributed by atoms with Crippen LogP contribution in [0.2, 0.25) is 0 Å². The van der Waals surface area contributed by atoms with Crippen LogP contribution in [-0.4, -0.2) is 26.7 Å². The number of sulfonamides is 1. The van der Waals surface area contributed by atoms with Crippen molar-refractivity contribution in [3.05, 3.63) is 29.8 Å². The zero-order chi connectivity index (χ0) is 16.1. The van der Waals surface area contributed by atoms with Crippen LogP contribution in [-0.2, 0) is 16.4 Å². The second kappa shape index (κ2) is 7.38. The van der Waals surface area contributed by atoms with Crippen molar-refractivity contribution in [3.63, 3.8) is 0 Å². The third-order valence-electron chi connectivity index (χ3n) is 4.14. The van der Waals surface area contributed by atoms with Crippen LogP contribution in [0.25, 0.3) is 0 Å². The highest BCUT2D eigenvalue weighted by Crippen LogP contribution is 2.25. The van der Waals surface area contributed by atoms with Crippen molar-refractivity contribution in [1.29, 1.82) is 0 Å². The highest BCUT2D eigenvalue weighted by molar-refractivity contribution is 7.89. The molecule has 0 saturated heterocycles. The number of nitrogens with one attached hydrogen (secondary N) is 1. The van der Waals surface area contributed by atoms with Gasteiger partial charge < -0.3 is 5.11 Å². The molecule has 0 aliphatic heterocycles. The zero-order valence-corrected chi connectivity index (χ0v) is 14.2. The van der Waals surface area contributed by atoms with Gasteiger partial charge in [0, 0.05) is 13.2 Å². The van der Waals surface area contributed by atoms with Gasteiger partial charge in [0.15, 0.2) is 0 Å². The van der Waals surface area contributed by atoms with Gasteiger partial charge in [-0.05, 0) is 41.9 Å². The van der Waals surface area contributed by atoms with Crippen molar-refractivity contribution in [2.75, 3.05) is 13.2 Å². The van der Waals surface area contributed by atoms with E-state index in [4.69, 9.17) is 5.11 Å². The van der Waals surface area contributed by atoms with Crippen molar-refractivity contribution >= 4 is 10.0 Å². The monoisotopic (exact) mass is 313 g/mol. The molecule has 0 aliphatic carbocycles. The Balaban J connectivity index is 2.74. The molecule has 1 rings (SSSR count). The zero-order valence-electron chi connectivity index (χ0n) is 13.4. The number of aryl methyl sites for hydroxylation is 1. The normalized spacial score (nSPS) is 12.9. The van der Waals surface area contributed by atoms with E-state index in [2.05, 4.69) is 32.4 Å². The topological polar surface area (TPSA) is 66.4 Å². The molecule has 0 aliphatic rings. The molecule has 1 aromatic rings. The molecule has 2 N–H and O–H groups in total. The minimum atomic E-state index is -3.46. The van der Waals surface area contributed by atoms with E-state index in [0.29, 0.717) is 18.9 Å². The maximum absolute atomic E-state index is 12.3. The van der Waals surface area contributed by atoms with E-state index in [1.807, 2.05) is 0 Å². The van der Waals surface area contributed by atoms with Gasteiger partial charge in [-0.15, -0.1) is 0 Å². The Morgan fingerprint density at radius 2 is 1.76 bits per heavy atom. The van der Waals surface area contributed by atoms with E-state index in [1.54, 1.807) is 24.3 Å². The van der Waals surface area contributed by atoms with Crippen LogP contribution in [0.5, 0.6) is 0 Å². The predicted molar refractivity (Wildman–Crippen MR) is 85.7 cm³/mol. The van der Waals surface area contributed by atoms with Crippen LogP contribution in [0.3, 0.4) is 0 Å². The summed E-state index contributed by atoms with van der Waals surface area (Å²) in [6.45, 7) is 8.84. The number of benzene rings is 1. The van der Waals surface area contributed by atoms with Crippen molar-refractivity contribution in [2.24, 2.45) is 11.3 Å². The molecule has 0 radical (unpaired) electrons. The average Bonchev–Trinajstić information content (AvgIpc) is 2.43. The lowest BCUT2D eigenvalue weighted by Crippen LogP contribution is -2.36. The summed E-state index contributed by atoms with van der Waals surface area (Å²) in [7, 11) is -3.46. The molecular formula is C16H27NO3S. The first-order chi connectivity index (χ1) is 9.69. The van der Waals surface area contributed by atoms with E-state index < -0.39 is 10.0 Å². The summed E-state index contributed by atoms with van der Waals surface area (Å²) in [5.41, 5.74) is 0.944. The molecular weight excluding hydrogens is 286 g/mol. The lowest BCUT2D eigenvalue weighted by molar-refractivity contribution is 0.252. The Morgan fingerprint density at radius 3 is 2.24 bits per heavy atom. The van der Waals surface area contributed by atoms with Crippen molar-refractivity contribution in [1.82, 2.24) is 4.72 Å². The van der Waals surface area contributed by atoms with E-state index in [1.165, 1.54) is 0 Å². The Hall–Kier alpha value is -0.910. The molecule has 0 heterocycles. The van der Waals surface area contributed by atoms with E-state index >= 15 is 0 Å². The molecule has 0 unspecified atom stereocenters. The molecule has 0 atom stereocenters. The quantitative estimate of drug-likeness (QED) is 0.775. The van der Waals surface area contributed by atoms with Crippen LogP contribution >= 0.6 is 0 Å². The summed E-state index contributed by atoms with van der Waals surface area (Å²) in [5.74, 6) is 0.390. The van der Waals surface area contributed by atoms with Crippen molar-refractivity contribution in [2.45, 2.75) is 45.4 Å². The third-order valence-corrected chi connectivity index (χ3v) is 5.56. The fourth-order valence-electron chi connectivity index (χ4n) is 1.69. The van der Waals surface area contributed by atoms with E-state index in [0.717, 1.165) is 12.0 Å². The molecule has 0 fully saturated rings. The number of aliphatic hydroxyl groups excluding tert-OH is 1. The SMILES string of the molecule is CC(C)C(C)(C)CNS(=O)(=O)c1ccc(CCCO)cc1. The molecule has 5 heteroatoms. The van der Waals surface area contributed by atoms with Gasteiger partial charge in [0.05, 0.1) is 4.90 Å². The summed E-state index contributed by atoms with van der Waals surface area (Å²) in [4.78, 5) is 0.287. The van der Waals surface area contributed by atoms with Gasteiger partial charge in [-0.1, -0.05) is 39.8 Å². The minimum absolute atomic E-state index is 0.0892. The van der Waals surface area contributed by atoms with Crippen LogP contribution in [0.1, 0.15) is 39.7 Å². The van der Waals surface area contributed by atoms with Crippen LogP contribution in [0.15, 0.2) is 29.2 Å². The maximum Gasteiger partial charge on any atom is 0.240 e. The highest BCUT2D eigenvalue weighted by atomic mass is 32.2. The summed E-state index contributed by atoms with van der Waals surface area (Å²) in [6, 6.07) is 6.85. The van der Waals surface area contributed by atoms with Gasteiger partial charge in [0.2, 0.25) is 10.0 Å². The van der Waals surface area contributed by atoms with Gasteiger partial charge >= 0.3 is 0 Å². The minimum Gasteiger partial charge on any atom is -0.396 e. The Bertz CT molecular complexity index is 533. The summed E-state index contributed by atoms with van der Waals surface area (Å²) in [5, 5.41) is 8.80. The van der Waals surface area contributed by atoms with Crippen molar-refractivity contribution in [3.8, 4) is 0 Å². The molecule has 0 spiro atoms. The molecule has 1 aromatic carbocycles. The predicted octanol–water partition coefficient (Wildman–Crippen LogP) is 2.57. The smallest absolute Gasteiger partial charge is 0.240 e. The van der Waals surface area contributed by atoms with Gasteiger partial charge in [-0.2, -0.15) is 0 Å². The summed E-state index contributed by atoms with van der Waals surface area (Å²) < 4.78 is 27.2. The van der Waals surface area contributed by atoms with Gasteiger partial charge in [-0.25, -0.2) is 13.1 Å². The number of hydrogen-bond acceptors (Lipinski definition) is 3. The third kappa shape index (κ3) is 5.41. The lowest BCUT2D eigenvalue weighted by atomic mass is 9.81. The molecule has 0 aromatic heterocycles. The largest absolute Gasteiger partial charge is 0.396 e. The molecule has 0 bridgehead atoms. The average molecular weight is 313 g/mol. The highest BCUT2D eigenvalue weighted by Gasteiger charge is 2.25. The first-order valence-corrected chi connectivity index (χ1v) is 8.87. The van der Waals surface area contributed by atoms with Crippen LogP contribution in [0, 0.1) is 11.3 Å². The van der Waals surface area contributed by atoms with E-state index in [9.17, 15) is 8.42 Å². The lowest BCUT2D eigenvalue weighted by Gasteiger charge is -2.29. The van der Waals surface area contributed by atoms with Gasteiger partial charge in [0.25, 0.3) is 0 Å². The molecule has 0 amide bonds. The van der Waals surface area contributed by atoms with Crippen LogP contribution < -0.4 is 4.72 Å².